The van der Waals surface area contributed by atoms with E-state index in [1.165, 1.54) is 0 Å². The molecule has 3 aromatic heterocycles. The van der Waals surface area contributed by atoms with Crippen LogP contribution in [0.1, 0.15) is 53.1 Å². The van der Waals surface area contributed by atoms with Crippen LogP contribution in [0.2, 0.25) is 0 Å². The second-order valence-electron chi connectivity index (χ2n) is 9.32. The highest BCUT2D eigenvalue weighted by molar-refractivity contribution is 7.21. The van der Waals surface area contributed by atoms with Crippen LogP contribution >= 0.6 is 11.3 Å². The Hall–Kier alpha value is -3.27. The van der Waals surface area contributed by atoms with Gasteiger partial charge in [0, 0.05) is 42.6 Å². The number of aliphatic hydroxyl groups is 1. The number of benzene rings is 1. The summed E-state index contributed by atoms with van der Waals surface area (Å²) in [5.41, 5.74) is 9.36. The van der Waals surface area contributed by atoms with Gasteiger partial charge in [-0.15, -0.1) is 11.3 Å². The van der Waals surface area contributed by atoms with Crippen molar-refractivity contribution in [3.8, 4) is 0 Å². The van der Waals surface area contributed by atoms with Gasteiger partial charge in [-0.3, -0.25) is 4.98 Å². The number of piperidine rings is 1. The van der Waals surface area contributed by atoms with Crippen LogP contribution in [0.15, 0.2) is 42.6 Å². The maximum Gasteiger partial charge on any atom is 0.348 e. The third-order valence-electron chi connectivity index (χ3n) is 6.94. The number of carboxylic acids is 1. The molecule has 0 spiro atoms. The molecule has 5 N–H and O–H groups in total. The summed E-state index contributed by atoms with van der Waals surface area (Å²) < 4.78 is 0. The number of nitrogen functional groups attached to an aromatic ring is 1. The Balaban J connectivity index is 1.25. The summed E-state index contributed by atoms with van der Waals surface area (Å²) in [5, 5.41) is 25.7. The number of nitrogens with one attached hydrogen (secondary N) is 1. The number of aliphatic hydroxyl groups excluding tert-OH is 1. The van der Waals surface area contributed by atoms with Crippen LogP contribution in [0, 0.1) is 0 Å². The lowest BCUT2D eigenvalue weighted by Crippen LogP contribution is -2.44. The largest absolute Gasteiger partial charge is 0.477 e. The summed E-state index contributed by atoms with van der Waals surface area (Å²) in [6.45, 7) is 4.26. The van der Waals surface area contributed by atoms with Crippen LogP contribution in [0.3, 0.4) is 0 Å². The van der Waals surface area contributed by atoms with Gasteiger partial charge < -0.3 is 26.2 Å². The Labute approximate surface area is 213 Å². The van der Waals surface area contributed by atoms with Crippen LogP contribution in [0.5, 0.6) is 0 Å². The molecule has 0 aliphatic carbocycles. The first-order valence-electron chi connectivity index (χ1n) is 12.4. The fraction of sp³-hybridized carbons (Fsp3) is 0.370. The minimum absolute atomic E-state index is 0.162. The van der Waals surface area contributed by atoms with Gasteiger partial charge in [0.2, 0.25) is 0 Å². The monoisotopic (exact) mass is 505 g/mol. The zero-order chi connectivity index (χ0) is 25.2. The Morgan fingerprint density at radius 2 is 2.06 bits per heavy atom. The number of nitrogens with two attached hydrogens (primary N) is 1. The molecule has 0 bridgehead atoms. The third-order valence-corrected chi connectivity index (χ3v) is 8.03. The Bertz CT molecular complexity index is 1390. The van der Waals surface area contributed by atoms with Crippen molar-refractivity contribution >= 4 is 49.9 Å². The van der Waals surface area contributed by atoms with Gasteiger partial charge in [0.1, 0.15) is 15.5 Å². The van der Waals surface area contributed by atoms with E-state index in [9.17, 15) is 15.0 Å². The molecule has 1 aliphatic heterocycles. The fourth-order valence-electron chi connectivity index (χ4n) is 5.08. The third kappa shape index (κ3) is 4.74. The highest BCUT2D eigenvalue weighted by Gasteiger charge is 2.24. The molecule has 1 unspecified atom stereocenters. The van der Waals surface area contributed by atoms with E-state index >= 15 is 0 Å². The number of aryl methyl sites for hydroxylation is 1. The predicted octanol–water partition coefficient (Wildman–Crippen LogP) is 4.37. The molecular formula is C27H31N5O3S. The van der Waals surface area contributed by atoms with Gasteiger partial charge in [-0.25, -0.2) is 9.78 Å². The molecule has 8 nitrogen and oxygen atoms in total. The number of anilines is 2. The Morgan fingerprint density at radius 3 is 2.81 bits per heavy atom. The first-order valence-corrected chi connectivity index (χ1v) is 13.2. The average molecular weight is 506 g/mol. The van der Waals surface area contributed by atoms with Crippen LogP contribution < -0.4 is 16.0 Å². The van der Waals surface area contributed by atoms with Gasteiger partial charge >= 0.3 is 5.97 Å². The lowest BCUT2D eigenvalue weighted by atomic mass is 10.0. The summed E-state index contributed by atoms with van der Waals surface area (Å²) in [5.74, 6) is -0.126. The number of aromatic carboxylic acids is 1. The smallest absolute Gasteiger partial charge is 0.348 e. The molecule has 9 heteroatoms. The number of rotatable bonds is 8. The summed E-state index contributed by atoms with van der Waals surface area (Å²) >= 11 is 1.15. The van der Waals surface area contributed by atoms with Crippen molar-refractivity contribution in [2.75, 3.05) is 30.3 Å². The first kappa shape index (κ1) is 24.4. The van der Waals surface area contributed by atoms with Gasteiger partial charge in [-0.05, 0) is 48.6 Å². The van der Waals surface area contributed by atoms with E-state index in [0.717, 1.165) is 83.3 Å². The molecule has 1 saturated heterocycles. The molecule has 0 saturated carbocycles. The molecule has 0 radical (unpaired) electrons. The number of hydrogen-bond donors (Lipinski definition) is 4. The molecule has 5 rings (SSSR count). The molecule has 188 valence electrons. The van der Waals surface area contributed by atoms with Crippen molar-refractivity contribution in [3.05, 3.63) is 58.6 Å². The maximum absolute atomic E-state index is 11.6. The van der Waals surface area contributed by atoms with Gasteiger partial charge in [-0.1, -0.05) is 31.5 Å². The van der Waals surface area contributed by atoms with E-state index in [2.05, 4.69) is 28.2 Å². The van der Waals surface area contributed by atoms with E-state index in [-0.39, 0.29) is 4.88 Å². The second-order valence-corrected chi connectivity index (χ2v) is 10.3. The number of para-hydroxylation sites is 1. The Kier molecular flexibility index (Phi) is 7.04. The lowest BCUT2D eigenvalue weighted by molar-refractivity contribution is 0.0703. The number of fused-ring (bicyclic) bond motifs is 2. The van der Waals surface area contributed by atoms with Gasteiger partial charge in [-0.2, -0.15) is 0 Å². The molecule has 1 aromatic carbocycles. The molecule has 4 aromatic rings. The van der Waals surface area contributed by atoms with Crippen molar-refractivity contribution in [1.82, 2.24) is 15.3 Å². The van der Waals surface area contributed by atoms with Crippen molar-refractivity contribution in [3.63, 3.8) is 0 Å². The van der Waals surface area contributed by atoms with E-state index in [0.29, 0.717) is 23.1 Å². The van der Waals surface area contributed by atoms with Crippen molar-refractivity contribution < 1.29 is 15.0 Å². The van der Waals surface area contributed by atoms with E-state index in [1.54, 1.807) is 6.20 Å². The topological polar surface area (TPSA) is 125 Å². The standard InChI is InChI=1S/C27H31N5O3S/c1-2-5-16-14-22(31-26-23(16)24(28)25(36-26)27(34)35)32-12-9-17(10-13-32)30-15-21(33)19-8-11-29-20-7-4-3-6-18(19)20/h3-4,6-8,11,14,17,21,30,33H,2,5,9-10,12-13,15,28H2,1H3,(H,34,35). The Morgan fingerprint density at radius 1 is 1.28 bits per heavy atom. The summed E-state index contributed by atoms with van der Waals surface area (Å²) in [6.07, 6.45) is 4.77. The molecule has 0 amide bonds. The van der Waals surface area contributed by atoms with Crippen LogP contribution in [-0.2, 0) is 6.42 Å². The average Bonchev–Trinajstić information content (AvgIpc) is 3.24. The molecule has 36 heavy (non-hydrogen) atoms. The summed E-state index contributed by atoms with van der Waals surface area (Å²) in [4.78, 5) is 23.9. The maximum atomic E-state index is 11.6. The quantitative estimate of drug-likeness (QED) is 0.278. The number of carboxylic acid groups (broad SMARTS) is 1. The summed E-state index contributed by atoms with van der Waals surface area (Å²) in [7, 11) is 0. The van der Waals surface area contributed by atoms with Crippen LogP contribution in [0.4, 0.5) is 11.5 Å². The minimum atomic E-state index is -1.01. The molecule has 1 fully saturated rings. The van der Waals surface area contributed by atoms with Gasteiger partial charge in [0.15, 0.2) is 0 Å². The second kappa shape index (κ2) is 10.4. The molecular weight excluding hydrogens is 474 g/mol. The number of thiophene rings is 1. The van der Waals surface area contributed by atoms with Crippen molar-refractivity contribution in [2.45, 2.75) is 44.8 Å². The number of pyridine rings is 2. The predicted molar refractivity (Wildman–Crippen MR) is 145 cm³/mol. The normalized spacial score (nSPS) is 15.6. The minimum Gasteiger partial charge on any atom is -0.477 e. The number of hydrogen-bond acceptors (Lipinski definition) is 8. The number of nitrogens with zero attached hydrogens (tertiary/aromatic N) is 3. The summed E-state index contributed by atoms with van der Waals surface area (Å²) in [6, 6.07) is 12.1. The highest BCUT2D eigenvalue weighted by Crippen LogP contribution is 2.37. The first-order chi connectivity index (χ1) is 17.5. The number of carbonyl (C=O) groups is 1. The highest BCUT2D eigenvalue weighted by atomic mass is 32.1. The van der Waals surface area contributed by atoms with Crippen molar-refractivity contribution in [2.24, 2.45) is 0 Å². The molecule has 4 heterocycles. The van der Waals surface area contributed by atoms with E-state index in [4.69, 9.17) is 10.7 Å². The van der Waals surface area contributed by atoms with Gasteiger partial charge in [0.05, 0.1) is 17.3 Å². The fourth-order valence-corrected chi connectivity index (χ4v) is 6.06. The zero-order valence-electron chi connectivity index (χ0n) is 20.3. The molecule has 1 atom stereocenters. The number of aromatic nitrogens is 2. The van der Waals surface area contributed by atoms with Crippen molar-refractivity contribution in [1.29, 1.82) is 0 Å². The van der Waals surface area contributed by atoms with Crippen LogP contribution in [0.25, 0.3) is 21.1 Å². The zero-order valence-corrected chi connectivity index (χ0v) is 21.1. The van der Waals surface area contributed by atoms with E-state index < -0.39 is 12.1 Å². The van der Waals surface area contributed by atoms with Gasteiger partial charge in [0.25, 0.3) is 0 Å². The van der Waals surface area contributed by atoms with Crippen LogP contribution in [-0.4, -0.2) is 51.8 Å². The SMILES string of the molecule is CCCc1cc(N2CCC(NCC(O)c3ccnc4ccccc34)CC2)nc2sc(C(=O)O)c(N)c12. The molecule has 1 aliphatic rings. The van der Waals surface area contributed by atoms with E-state index in [1.807, 2.05) is 30.3 Å². The lowest BCUT2D eigenvalue weighted by Gasteiger charge is -2.34.